The molecule has 0 radical (unpaired) electrons. The maximum Gasteiger partial charge on any atom is 0.231 e. The van der Waals surface area contributed by atoms with E-state index >= 15 is 0 Å². The summed E-state index contributed by atoms with van der Waals surface area (Å²) in [4.78, 5) is 20.8. The molecule has 0 atom stereocenters. The first-order valence-corrected chi connectivity index (χ1v) is 9.16. The average molecular weight is 367 g/mol. The summed E-state index contributed by atoms with van der Waals surface area (Å²) in [6.45, 7) is 0.716. The second-order valence-electron chi connectivity index (χ2n) is 5.85. The zero-order valence-corrected chi connectivity index (χ0v) is 14.8. The number of pyridine rings is 1. The van der Waals surface area contributed by atoms with Crippen molar-refractivity contribution in [2.75, 3.05) is 6.79 Å². The molecule has 1 aromatic carbocycles. The Morgan fingerprint density at radius 1 is 1.23 bits per heavy atom. The number of hydrogen-bond donors (Lipinski definition) is 1. The highest BCUT2D eigenvalue weighted by Crippen LogP contribution is 2.32. The number of thiazole rings is 1. The maximum atomic E-state index is 12.1. The normalized spacial score (nSPS) is 12.2. The Morgan fingerprint density at radius 3 is 3.04 bits per heavy atom. The number of hydrogen-bond acceptors (Lipinski definition) is 6. The van der Waals surface area contributed by atoms with Crippen LogP contribution in [0.3, 0.4) is 0 Å². The van der Waals surface area contributed by atoms with Crippen LogP contribution in [0, 0.1) is 0 Å². The smallest absolute Gasteiger partial charge is 0.231 e. The summed E-state index contributed by atoms with van der Waals surface area (Å²) in [6, 6.07) is 9.55. The van der Waals surface area contributed by atoms with Crippen molar-refractivity contribution in [1.82, 2.24) is 15.3 Å². The van der Waals surface area contributed by atoms with E-state index in [0.717, 1.165) is 33.3 Å². The number of ether oxygens (including phenoxy) is 2. The average Bonchev–Trinajstić information content (AvgIpc) is 3.34. The number of aromatic nitrogens is 2. The molecule has 0 spiro atoms. The van der Waals surface area contributed by atoms with Crippen molar-refractivity contribution >= 4 is 17.2 Å². The molecule has 3 aromatic rings. The van der Waals surface area contributed by atoms with Crippen molar-refractivity contribution in [2.24, 2.45) is 0 Å². The van der Waals surface area contributed by atoms with Crippen LogP contribution in [0.25, 0.3) is 10.6 Å². The molecule has 0 unspecified atom stereocenters. The summed E-state index contributed by atoms with van der Waals surface area (Å²) in [5.74, 6) is 1.47. The Kier molecular flexibility index (Phi) is 4.79. The van der Waals surface area contributed by atoms with E-state index in [9.17, 15) is 4.79 Å². The largest absolute Gasteiger partial charge is 0.454 e. The minimum atomic E-state index is -0.00130. The van der Waals surface area contributed by atoms with Crippen molar-refractivity contribution in [3.8, 4) is 22.1 Å². The van der Waals surface area contributed by atoms with Crippen molar-refractivity contribution in [3.05, 3.63) is 59.4 Å². The Balaban J connectivity index is 1.27. The van der Waals surface area contributed by atoms with Crippen LogP contribution in [-0.2, 0) is 17.8 Å². The zero-order chi connectivity index (χ0) is 17.8. The summed E-state index contributed by atoms with van der Waals surface area (Å²) in [7, 11) is 0. The molecule has 7 heteroatoms. The van der Waals surface area contributed by atoms with Gasteiger partial charge in [0.1, 0.15) is 5.01 Å². The fourth-order valence-electron chi connectivity index (χ4n) is 2.63. The summed E-state index contributed by atoms with van der Waals surface area (Å²) in [5, 5.41) is 5.85. The predicted octanol–water partition coefficient (Wildman–Crippen LogP) is 3.18. The lowest BCUT2D eigenvalue weighted by atomic mass is 10.2. The van der Waals surface area contributed by atoms with Crippen LogP contribution in [0.2, 0.25) is 0 Å². The van der Waals surface area contributed by atoms with E-state index in [1.165, 1.54) is 0 Å². The van der Waals surface area contributed by atoms with E-state index in [2.05, 4.69) is 15.3 Å². The van der Waals surface area contributed by atoms with E-state index in [4.69, 9.17) is 9.47 Å². The molecule has 0 saturated heterocycles. The number of nitrogens with one attached hydrogen (secondary N) is 1. The van der Waals surface area contributed by atoms with Crippen LogP contribution in [-0.4, -0.2) is 22.7 Å². The van der Waals surface area contributed by atoms with Gasteiger partial charge in [0.25, 0.3) is 0 Å². The van der Waals surface area contributed by atoms with E-state index in [1.807, 2.05) is 35.7 Å². The number of benzene rings is 1. The summed E-state index contributed by atoms with van der Waals surface area (Å²) >= 11 is 1.57. The van der Waals surface area contributed by atoms with Crippen molar-refractivity contribution < 1.29 is 14.3 Å². The molecule has 26 heavy (non-hydrogen) atoms. The molecule has 3 heterocycles. The van der Waals surface area contributed by atoms with Crippen LogP contribution in [0.5, 0.6) is 11.5 Å². The molecule has 1 aliphatic heterocycles. The topological polar surface area (TPSA) is 73.3 Å². The third-order valence-corrected chi connectivity index (χ3v) is 4.94. The number of fused-ring (bicyclic) bond motifs is 1. The number of carbonyl (C=O) groups is 1. The van der Waals surface area contributed by atoms with Crippen LogP contribution in [0.4, 0.5) is 0 Å². The first-order valence-electron chi connectivity index (χ1n) is 8.28. The molecule has 132 valence electrons. The standard InChI is InChI=1S/C19H17N3O3S/c23-18(21-9-13-3-5-16-17(8-13)25-12-24-16)6-4-15-11-26-19(22-15)14-2-1-7-20-10-14/h1-3,5,7-8,10-11H,4,6,9,12H2,(H,21,23). The highest BCUT2D eigenvalue weighted by molar-refractivity contribution is 7.13. The van der Waals surface area contributed by atoms with E-state index in [0.29, 0.717) is 19.4 Å². The van der Waals surface area contributed by atoms with Gasteiger partial charge >= 0.3 is 0 Å². The lowest BCUT2D eigenvalue weighted by Crippen LogP contribution is -2.23. The van der Waals surface area contributed by atoms with Gasteiger partial charge in [0, 0.05) is 36.3 Å². The third-order valence-electron chi connectivity index (χ3n) is 4.00. The molecule has 0 saturated carbocycles. The van der Waals surface area contributed by atoms with Gasteiger partial charge in [-0.15, -0.1) is 11.3 Å². The third kappa shape index (κ3) is 3.83. The number of amides is 1. The Morgan fingerprint density at radius 2 is 2.15 bits per heavy atom. The fourth-order valence-corrected chi connectivity index (χ4v) is 3.47. The number of carbonyl (C=O) groups excluding carboxylic acids is 1. The number of rotatable bonds is 6. The van der Waals surface area contributed by atoms with Gasteiger partial charge in [0.05, 0.1) is 5.69 Å². The quantitative estimate of drug-likeness (QED) is 0.724. The highest BCUT2D eigenvalue weighted by atomic mass is 32.1. The molecule has 1 N–H and O–H groups in total. The Hall–Kier alpha value is -2.93. The molecule has 0 fully saturated rings. The predicted molar refractivity (Wildman–Crippen MR) is 98.1 cm³/mol. The molecule has 1 aliphatic rings. The van der Waals surface area contributed by atoms with Crippen LogP contribution in [0.15, 0.2) is 48.1 Å². The second-order valence-corrected chi connectivity index (χ2v) is 6.71. The SMILES string of the molecule is O=C(CCc1csc(-c2cccnc2)n1)NCc1ccc2c(c1)OCO2. The van der Waals surface area contributed by atoms with Crippen LogP contribution >= 0.6 is 11.3 Å². The Labute approximate surface area is 154 Å². The van der Waals surface area contributed by atoms with Gasteiger partial charge in [0.2, 0.25) is 12.7 Å². The molecular formula is C19H17N3O3S. The van der Waals surface area contributed by atoms with Crippen LogP contribution in [0.1, 0.15) is 17.7 Å². The molecule has 4 rings (SSSR count). The molecule has 0 bridgehead atoms. The van der Waals surface area contributed by atoms with Gasteiger partial charge in [-0.2, -0.15) is 0 Å². The first-order chi connectivity index (χ1) is 12.8. The van der Waals surface area contributed by atoms with Gasteiger partial charge in [-0.1, -0.05) is 6.07 Å². The lowest BCUT2D eigenvalue weighted by molar-refractivity contribution is -0.121. The highest BCUT2D eigenvalue weighted by Gasteiger charge is 2.13. The Bertz CT molecular complexity index is 911. The lowest BCUT2D eigenvalue weighted by Gasteiger charge is -2.06. The maximum absolute atomic E-state index is 12.1. The van der Waals surface area contributed by atoms with Gasteiger partial charge in [-0.3, -0.25) is 9.78 Å². The molecule has 2 aromatic heterocycles. The minimum absolute atomic E-state index is 0.00130. The van der Waals surface area contributed by atoms with E-state index < -0.39 is 0 Å². The van der Waals surface area contributed by atoms with Crippen LogP contribution < -0.4 is 14.8 Å². The first kappa shape index (κ1) is 16.5. The van der Waals surface area contributed by atoms with Gasteiger partial charge in [-0.05, 0) is 36.2 Å². The van der Waals surface area contributed by atoms with Gasteiger partial charge < -0.3 is 14.8 Å². The summed E-state index contributed by atoms with van der Waals surface area (Å²) in [5.41, 5.74) is 2.90. The van der Waals surface area contributed by atoms with Crippen molar-refractivity contribution in [2.45, 2.75) is 19.4 Å². The fraction of sp³-hybridized carbons (Fsp3) is 0.211. The van der Waals surface area contributed by atoms with Gasteiger partial charge in [-0.25, -0.2) is 4.98 Å². The summed E-state index contributed by atoms with van der Waals surface area (Å²) in [6.07, 6.45) is 4.55. The van der Waals surface area contributed by atoms with E-state index in [-0.39, 0.29) is 12.7 Å². The monoisotopic (exact) mass is 367 g/mol. The second kappa shape index (κ2) is 7.53. The van der Waals surface area contributed by atoms with E-state index in [1.54, 1.807) is 23.7 Å². The van der Waals surface area contributed by atoms with Crippen molar-refractivity contribution in [1.29, 1.82) is 0 Å². The number of aryl methyl sites for hydroxylation is 1. The summed E-state index contributed by atoms with van der Waals surface area (Å²) < 4.78 is 10.6. The van der Waals surface area contributed by atoms with Crippen molar-refractivity contribution in [3.63, 3.8) is 0 Å². The minimum Gasteiger partial charge on any atom is -0.454 e. The molecular weight excluding hydrogens is 350 g/mol. The molecule has 0 aliphatic carbocycles. The molecule has 6 nitrogen and oxygen atoms in total. The number of nitrogens with zero attached hydrogens (tertiary/aromatic N) is 2. The van der Waals surface area contributed by atoms with Gasteiger partial charge in [0.15, 0.2) is 11.5 Å². The zero-order valence-electron chi connectivity index (χ0n) is 14.0. The molecule has 1 amide bonds.